The van der Waals surface area contributed by atoms with E-state index >= 15 is 0 Å². The fourth-order valence-electron chi connectivity index (χ4n) is 3.52. The largest absolute Gasteiger partial charge is 0.365 e. The van der Waals surface area contributed by atoms with Gasteiger partial charge in [0.05, 0.1) is 0 Å². The molecule has 110 valence electrons. The van der Waals surface area contributed by atoms with Gasteiger partial charge in [-0.1, -0.05) is 35.9 Å². The monoisotopic (exact) mass is 280 g/mol. The highest BCUT2D eigenvalue weighted by Crippen LogP contribution is 2.29. The van der Waals surface area contributed by atoms with Crippen molar-refractivity contribution in [1.29, 1.82) is 0 Å². The molecule has 2 nitrogen and oxygen atoms in total. The Labute approximate surface area is 127 Å². The Morgan fingerprint density at radius 1 is 1.10 bits per heavy atom. The summed E-state index contributed by atoms with van der Waals surface area (Å²) in [6.07, 6.45) is 0.985. The lowest BCUT2D eigenvalue weighted by molar-refractivity contribution is 0.597. The molecule has 1 atom stereocenters. The maximum absolute atomic E-state index is 6.25. The molecule has 21 heavy (non-hydrogen) atoms. The number of fused-ring (bicyclic) bond motifs is 1. The summed E-state index contributed by atoms with van der Waals surface area (Å²) in [6.45, 7) is 8.47. The zero-order chi connectivity index (χ0) is 15.0. The van der Waals surface area contributed by atoms with Gasteiger partial charge in [0.2, 0.25) is 0 Å². The fourth-order valence-corrected chi connectivity index (χ4v) is 3.52. The Morgan fingerprint density at radius 2 is 1.76 bits per heavy atom. The molecule has 2 aromatic rings. The van der Waals surface area contributed by atoms with Crippen LogP contribution in [0.25, 0.3) is 0 Å². The molecule has 0 saturated carbocycles. The molecular formula is C19H24N2. The Kier molecular flexibility index (Phi) is 3.73. The molecule has 1 unspecified atom stereocenters. The minimum absolute atomic E-state index is 0.228. The predicted octanol–water partition coefficient (Wildman–Crippen LogP) is 3.50. The second-order valence-electron chi connectivity index (χ2n) is 6.35. The van der Waals surface area contributed by atoms with Crippen molar-refractivity contribution in [2.45, 2.75) is 39.8 Å². The number of nitrogens with zero attached hydrogens (tertiary/aromatic N) is 1. The smallest absolute Gasteiger partial charge is 0.0435 e. The number of hydrogen-bond donors (Lipinski definition) is 1. The molecule has 2 heteroatoms. The second kappa shape index (κ2) is 5.53. The first-order valence-corrected chi connectivity index (χ1v) is 7.70. The first kappa shape index (κ1) is 14.2. The third kappa shape index (κ3) is 2.81. The average molecular weight is 280 g/mol. The zero-order valence-electron chi connectivity index (χ0n) is 13.2. The number of benzene rings is 2. The van der Waals surface area contributed by atoms with E-state index in [1.807, 2.05) is 0 Å². The third-order valence-corrected chi connectivity index (χ3v) is 4.46. The van der Waals surface area contributed by atoms with Crippen molar-refractivity contribution in [3.63, 3.8) is 0 Å². The molecule has 0 saturated heterocycles. The molecule has 0 aromatic heterocycles. The lowest BCUT2D eigenvalue weighted by Gasteiger charge is -2.35. The van der Waals surface area contributed by atoms with E-state index < -0.39 is 0 Å². The van der Waals surface area contributed by atoms with Crippen LogP contribution in [0.15, 0.2) is 36.4 Å². The predicted molar refractivity (Wildman–Crippen MR) is 89.8 cm³/mol. The van der Waals surface area contributed by atoms with Gasteiger partial charge in [0, 0.05) is 24.8 Å². The van der Waals surface area contributed by atoms with Gasteiger partial charge in [0.25, 0.3) is 0 Å². The van der Waals surface area contributed by atoms with E-state index in [2.05, 4.69) is 62.1 Å². The summed E-state index contributed by atoms with van der Waals surface area (Å²) in [4.78, 5) is 2.44. The van der Waals surface area contributed by atoms with E-state index in [4.69, 9.17) is 5.73 Å². The molecule has 3 rings (SSSR count). The fraction of sp³-hybridized carbons (Fsp3) is 0.368. The standard InChI is InChI=1S/C19H24N2/c1-13-8-14(2)18(15(3)9-13)12-21-11-17(20)10-16-6-4-5-7-19(16)21/h4-9,17H,10-12,20H2,1-3H3. The zero-order valence-corrected chi connectivity index (χ0v) is 13.2. The molecule has 2 N–H and O–H groups in total. The number of aryl methyl sites for hydroxylation is 3. The van der Waals surface area contributed by atoms with Gasteiger partial charge in [-0.2, -0.15) is 0 Å². The summed E-state index contributed by atoms with van der Waals surface area (Å²) in [5, 5.41) is 0. The van der Waals surface area contributed by atoms with Crippen LogP contribution in [0.2, 0.25) is 0 Å². The van der Waals surface area contributed by atoms with Gasteiger partial charge < -0.3 is 10.6 Å². The van der Waals surface area contributed by atoms with Gasteiger partial charge in [-0.25, -0.2) is 0 Å². The van der Waals surface area contributed by atoms with Gasteiger partial charge >= 0.3 is 0 Å². The van der Waals surface area contributed by atoms with Crippen LogP contribution < -0.4 is 10.6 Å². The van der Waals surface area contributed by atoms with Gasteiger partial charge in [-0.05, 0) is 55.5 Å². The molecule has 0 bridgehead atoms. The molecule has 0 amide bonds. The van der Waals surface area contributed by atoms with E-state index in [9.17, 15) is 0 Å². The highest BCUT2D eigenvalue weighted by molar-refractivity contribution is 5.57. The maximum Gasteiger partial charge on any atom is 0.0435 e. The Morgan fingerprint density at radius 3 is 2.48 bits per heavy atom. The summed E-state index contributed by atoms with van der Waals surface area (Å²) < 4.78 is 0. The molecule has 0 fully saturated rings. The van der Waals surface area contributed by atoms with Crippen LogP contribution in [0.1, 0.15) is 27.8 Å². The van der Waals surface area contributed by atoms with E-state index in [1.165, 1.54) is 33.5 Å². The summed E-state index contributed by atoms with van der Waals surface area (Å²) in [5.41, 5.74) is 14.5. The topological polar surface area (TPSA) is 29.3 Å². The van der Waals surface area contributed by atoms with E-state index in [0.29, 0.717) is 0 Å². The number of para-hydroxylation sites is 1. The Hall–Kier alpha value is -1.80. The van der Waals surface area contributed by atoms with E-state index in [0.717, 1.165) is 19.5 Å². The molecule has 0 radical (unpaired) electrons. The molecule has 1 heterocycles. The summed E-state index contributed by atoms with van der Waals surface area (Å²) in [7, 11) is 0. The van der Waals surface area contributed by atoms with Gasteiger partial charge in [-0.15, -0.1) is 0 Å². The van der Waals surface area contributed by atoms with Crippen LogP contribution in [0, 0.1) is 20.8 Å². The first-order chi connectivity index (χ1) is 10.0. The molecule has 1 aliphatic heterocycles. The average Bonchev–Trinajstić information content (AvgIpc) is 2.42. The molecule has 0 aliphatic carbocycles. The van der Waals surface area contributed by atoms with Crippen molar-refractivity contribution in [2.75, 3.05) is 11.4 Å². The van der Waals surface area contributed by atoms with Gasteiger partial charge in [0.15, 0.2) is 0 Å². The van der Waals surface area contributed by atoms with Crippen molar-refractivity contribution in [2.24, 2.45) is 5.73 Å². The molecule has 1 aliphatic rings. The quantitative estimate of drug-likeness (QED) is 0.912. The summed E-state index contributed by atoms with van der Waals surface area (Å²) in [5.74, 6) is 0. The number of rotatable bonds is 2. The second-order valence-corrected chi connectivity index (χ2v) is 6.35. The van der Waals surface area contributed by atoms with Crippen LogP contribution in [0.5, 0.6) is 0 Å². The van der Waals surface area contributed by atoms with Crippen molar-refractivity contribution in [3.05, 3.63) is 64.2 Å². The van der Waals surface area contributed by atoms with Crippen LogP contribution in [0.4, 0.5) is 5.69 Å². The highest BCUT2D eigenvalue weighted by atomic mass is 15.2. The first-order valence-electron chi connectivity index (χ1n) is 7.70. The lowest BCUT2D eigenvalue weighted by Crippen LogP contribution is -2.43. The minimum Gasteiger partial charge on any atom is -0.365 e. The van der Waals surface area contributed by atoms with E-state index in [1.54, 1.807) is 0 Å². The molecule has 0 spiro atoms. The SMILES string of the molecule is Cc1cc(C)c(CN2CC(N)Cc3ccccc32)c(C)c1. The van der Waals surface area contributed by atoms with Crippen LogP contribution in [-0.4, -0.2) is 12.6 Å². The lowest BCUT2D eigenvalue weighted by atomic mass is 9.95. The van der Waals surface area contributed by atoms with Crippen molar-refractivity contribution in [1.82, 2.24) is 0 Å². The van der Waals surface area contributed by atoms with Crippen molar-refractivity contribution in [3.8, 4) is 0 Å². The number of nitrogens with two attached hydrogens (primary N) is 1. The van der Waals surface area contributed by atoms with Crippen LogP contribution in [0.3, 0.4) is 0 Å². The maximum atomic E-state index is 6.25. The number of anilines is 1. The molecular weight excluding hydrogens is 256 g/mol. The number of hydrogen-bond acceptors (Lipinski definition) is 2. The summed E-state index contributed by atoms with van der Waals surface area (Å²) in [6, 6.07) is 13.4. The van der Waals surface area contributed by atoms with Crippen LogP contribution >= 0.6 is 0 Å². The van der Waals surface area contributed by atoms with Crippen LogP contribution in [-0.2, 0) is 13.0 Å². The highest BCUT2D eigenvalue weighted by Gasteiger charge is 2.22. The van der Waals surface area contributed by atoms with Crippen molar-refractivity contribution < 1.29 is 0 Å². The van der Waals surface area contributed by atoms with Gasteiger partial charge in [-0.3, -0.25) is 0 Å². The Bertz CT molecular complexity index is 637. The van der Waals surface area contributed by atoms with E-state index in [-0.39, 0.29) is 6.04 Å². The molecule has 2 aromatic carbocycles. The minimum atomic E-state index is 0.228. The third-order valence-electron chi connectivity index (χ3n) is 4.46. The van der Waals surface area contributed by atoms with Gasteiger partial charge in [0.1, 0.15) is 0 Å². The Balaban J connectivity index is 1.96. The summed E-state index contributed by atoms with van der Waals surface area (Å²) >= 11 is 0. The normalized spacial score (nSPS) is 17.7. The van der Waals surface area contributed by atoms with Crippen molar-refractivity contribution >= 4 is 5.69 Å².